The van der Waals surface area contributed by atoms with Crippen LogP contribution in [0.15, 0.2) is 72.8 Å². The first kappa shape index (κ1) is 16.0. The molecular formula is C24H19NO2. The lowest BCUT2D eigenvalue weighted by atomic mass is 9.89. The predicted molar refractivity (Wildman–Crippen MR) is 105 cm³/mol. The fraction of sp³-hybridized carbons (Fsp3) is 0.167. The van der Waals surface area contributed by atoms with E-state index >= 15 is 0 Å². The molecule has 3 nitrogen and oxygen atoms in total. The quantitative estimate of drug-likeness (QED) is 0.667. The lowest BCUT2D eigenvalue weighted by Crippen LogP contribution is -2.34. The summed E-state index contributed by atoms with van der Waals surface area (Å²) in [5.41, 5.74) is 5.51. The third kappa shape index (κ3) is 2.35. The zero-order valence-electron chi connectivity index (χ0n) is 15.1. The van der Waals surface area contributed by atoms with Crippen molar-refractivity contribution in [2.75, 3.05) is 4.90 Å². The smallest absolute Gasteiger partial charge is 0.259 e. The highest BCUT2D eigenvalue weighted by molar-refractivity contribution is 6.13. The summed E-state index contributed by atoms with van der Waals surface area (Å²) in [6, 6.07) is 23.2. The number of rotatable bonds is 2. The van der Waals surface area contributed by atoms with Crippen LogP contribution < -0.4 is 4.90 Å². The Morgan fingerprint density at radius 1 is 0.815 bits per heavy atom. The van der Waals surface area contributed by atoms with Gasteiger partial charge in [0.15, 0.2) is 5.78 Å². The minimum Gasteiger partial charge on any atom is -0.300 e. The molecule has 3 aromatic rings. The Balaban J connectivity index is 1.65. The molecule has 1 amide bonds. The maximum absolute atomic E-state index is 13.2. The topological polar surface area (TPSA) is 37.4 Å². The molecule has 1 aliphatic carbocycles. The molecule has 0 saturated carbocycles. The molecule has 0 saturated heterocycles. The Hall–Kier alpha value is -3.20. The van der Waals surface area contributed by atoms with Crippen LogP contribution in [-0.2, 0) is 6.42 Å². The zero-order valence-corrected chi connectivity index (χ0v) is 15.1. The molecule has 2 aliphatic rings. The van der Waals surface area contributed by atoms with Crippen molar-refractivity contribution in [1.29, 1.82) is 0 Å². The number of anilines is 1. The molecule has 0 fully saturated rings. The van der Waals surface area contributed by atoms with Crippen LogP contribution in [0.3, 0.4) is 0 Å². The molecule has 0 N–H and O–H groups in total. The Bertz CT molecular complexity index is 1070. The molecule has 5 rings (SSSR count). The number of carbonyl (C=O) groups is 2. The Morgan fingerprint density at radius 2 is 1.48 bits per heavy atom. The molecule has 0 bridgehead atoms. The van der Waals surface area contributed by atoms with Crippen LogP contribution in [0.2, 0.25) is 0 Å². The molecule has 3 heteroatoms. The first-order valence-corrected chi connectivity index (χ1v) is 9.26. The molecule has 27 heavy (non-hydrogen) atoms. The molecule has 132 valence electrons. The molecule has 0 spiro atoms. The van der Waals surface area contributed by atoms with Gasteiger partial charge in [-0.25, -0.2) is 0 Å². The second kappa shape index (κ2) is 5.92. The second-order valence-electron chi connectivity index (χ2n) is 7.37. The molecule has 2 unspecified atom stereocenters. The van der Waals surface area contributed by atoms with Gasteiger partial charge in [0.2, 0.25) is 0 Å². The highest BCUT2D eigenvalue weighted by Crippen LogP contribution is 2.46. The van der Waals surface area contributed by atoms with E-state index in [0.717, 1.165) is 27.9 Å². The number of aryl methyl sites for hydroxylation is 1. The van der Waals surface area contributed by atoms with Gasteiger partial charge in [0, 0.05) is 16.8 Å². The SMILES string of the molecule is Cc1ccc(N2C(=O)c3ccccc3C2C2Cc3ccccc3C2=O)cc1. The number of nitrogens with zero attached hydrogens (tertiary/aromatic N) is 1. The van der Waals surface area contributed by atoms with Crippen LogP contribution in [0.4, 0.5) is 5.69 Å². The normalized spacial score (nSPS) is 20.7. The fourth-order valence-electron chi connectivity index (χ4n) is 4.45. The number of carbonyl (C=O) groups excluding carboxylic acids is 2. The first-order chi connectivity index (χ1) is 13.1. The molecule has 3 aromatic carbocycles. The van der Waals surface area contributed by atoms with E-state index in [9.17, 15) is 9.59 Å². The number of fused-ring (bicyclic) bond motifs is 2. The van der Waals surface area contributed by atoms with E-state index in [0.29, 0.717) is 12.0 Å². The number of amides is 1. The van der Waals surface area contributed by atoms with Gasteiger partial charge >= 0.3 is 0 Å². The van der Waals surface area contributed by atoms with E-state index < -0.39 is 0 Å². The number of Topliss-reactive ketones (excluding diaryl/α,β-unsaturated/α-hetero) is 1. The summed E-state index contributed by atoms with van der Waals surface area (Å²) in [7, 11) is 0. The summed E-state index contributed by atoms with van der Waals surface area (Å²) in [5, 5.41) is 0. The van der Waals surface area contributed by atoms with Gasteiger partial charge in [0.25, 0.3) is 5.91 Å². The number of hydrogen-bond donors (Lipinski definition) is 0. The summed E-state index contributed by atoms with van der Waals surface area (Å²) < 4.78 is 0. The van der Waals surface area contributed by atoms with Crippen LogP contribution in [0.5, 0.6) is 0 Å². The first-order valence-electron chi connectivity index (χ1n) is 9.26. The fourth-order valence-corrected chi connectivity index (χ4v) is 4.45. The predicted octanol–water partition coefficient (Wildman–Crippen LogP) is 4.75. The average molecular weight is 353 g/mol. The third-order valence-corrected chi connectivity index (χ3v) is 5.76. The maximum atomic E-state index is 13.2. The second-order valence-corrected chi connectivity index (χ2v) is 7.37. The summed E-state index contributed by atoms with van der Waals surface area (Å²) in [6.45, 7) is 2.03. The van der Waals surface area contributed by atoms with Crippen LogP contribution in [0.1, 0.15) is 43.4 Å². The van der Waals surface area contributed by atoms with Gasteiger partial charge in [0.1, 0.15) is 0 Å². The van der Waals surface area contributed by atoms with Crippen molar-refractivity contribution in [1.82, 2.24) is 0 Å². The van der Waals surface area contributed by atoms with E-state index in [1.54, 1.807) is 0 Å². The van der Waals surface area contributed by atoms with Crippen LogP contribution in [0, 0.1) is 12.8 Å². The number of benzene rings is 3. The lowest BCUT2D eigenvalue weighted by molar-refractivity contribution is 0.0907. The summed E-state index contributed by atoms with van der Waals surface area (Å²) in [6.07, 6.45) is 0.670. The van der Waals surface area contributed by atoms with Gasteiger partial charge < -0.3 is 4.90 Å². The van der Waals surface area contributed by atoms with Gasteiger partial charge in [-0.1, -0.05) is 60.2 Å². The molecule has 2 atom stereocenters. The summed E-state index contributed by atoms with van der Waals surface area (Å²) >= 11 is 0. The zero-order chi connectivity index (χ0) is 18.5. The lowest BCUT2D eigenvalue weighted by Gasteiger charge is -2.29. The van der Waals surface area contributed by atoms with E-state index in [1.807, 2.05) is 84.6 Å². The largest absolute Gasteiger partial charge is 0.300 e. The van der Waals surface area contributed by atoms with E-state index in [1.165, 1.54) is 0 Å². The molecule has 0 radical (unpaired) electrons. The van der Waals surface area contributed by atoms with E-state index in [4.69, 9.17) is 0 Å². The van der Waals surface area contributed by atoms with Crippen molar-refractivity contribution < 1.29 is 9.59 Å². The van der Waals surface area contributed by atoms with Gasteiger partial charge in [-0.3, -0.25) is 9.59 Å². The average Bonchev–Trinajstić information content (AvgIpc) is 3.18. The Morgan fingerprint density at radius 3 is 2.22 bits per heavy atom. The van der Waals surface area contributed by atoms with Crippen LogP contribution in [0.25, 0.3) is 0 Å². The van der Waals surface area contributed by atoms with Crippen molar-refractivity contribution in [3.05, 3.63) is 101 Å². The molecule has 0 aromatic heterocycles. The molecule has 1 heterocycles. The molecule has 1 aliphatic heterocycles. The maximum Gasteiger partial charge on any atom is 0.259 e. The Labute approximate surface area is 158 Å². The minimum atomic E-state index is -0.267. The van der Waals surface area contributed by atoms with Crippen LogP contribution >= 0.6 is 0 Å². The minimum absolute atomic E-state index is 0.0248. The number of ketones is 1. The van der Waals surface area contributed by atoms with Crippen molar-refractivity contribution in [2.24, 2.45) is 5.92 Å². The third-order valence-electron chi connectivity index (χ3n) is 5.76. The van der Waals surface area contributed by atoms with Crippen molar-refractivity contribution in [3.63, 3.8) is 0 Å². The van der Waals surface area contributed by atoms with Crippen molar-refractivity contribution >= 4 is 17.4 Å². The van der Waals surface area contributed by atoms with Crippen molar-refractivity contribution in [3.8, 4) is 0 Å². The monoisotopic (exact) mass is 353 g/mol. The van der Waals surface area contributed by atoms with Crippen molar-refractivity contribution in [2.45, 2.75) is 19.4 Å². The van der Waals surface area contributed by atoms with Gasteiger partial charge in [-0.2, -0.15) is 0 Å². The number of hydrogen-bond acceptors (Lipinski definition) is 2. The van der Waals surface area contributed by atoms with Gasteiger partial charge in [-0.05, 0) is 42.7 Å². The van der Waals surface area contributed by atoms with Crippen LogP contribution in [-0.4, -0.2) is 11.7 Å². The highest BCUT2D eigenvalue weighted by atomic mass is 16.2. The summed E-state index contributed by atoms with van der Waals surface area (Å²) in [5.74, 6) is -0.142. The molecular weight excluding hydrogens is 334 g/mol. The Kier molecular flexibility index (Phi) is 3.51. The van der Waals surface area contributed by atoms with E-state index in [-0.39, 0.29) is 23.7 Å². The van der Waals surface area contributed by atoms with E-state index in [2.05, 4.69) is 0 Å². The summed E-state index contributed by atoms with van der Waals surface area (Å²) in [4.78, 5) is 28.3. The van der Waals surface area contributed by atoms with Gasteiger partial charge in [-0.15, -0.1) is 0 Å². The van der Waals surface area contributed by atoms with Gasteiger partial charge in [0.05, 0.1) is 12.0 Å². The highest BCUT2D eigenvalue weighted by Gasteiger charge is 2.47. The standard InChI is InChI=1S/C24H19NO2/c1-15-10-12-17(13-11-15)25-22(19-8-4-5-9-20(19)24(25)27)21-14-16-6-2-3-7-18(16)23(21)26/h2-13,21-22H,14H2,1H3.